The van der Waals surface area contributed by atoms with E-state index in [0.29, 0.717) is 0 Å². The van der Waals surface area contributed by atoms with Gasteiger partial charge in [0.25, 0.3) is 0 Å². The van der Waals surface area contributed by atoms with Crippen molar-refractivity contribution in [2.75, 3.05) is 0 Å². The first-order valence-corrected chi connectivity index (χ1v) is 9.61. The van der Waals surface area contributed by atoms with Crippen LogP contribution in [0, 0.1) is 0 Å². The topological polar surface area (TPSA) is 15.8 Å². The summed E-state index contributed by atoms with van der Waals surface area (Å²) in [6.07, 6.45) is 0. The van der Waals surface area contributed by atoms with Crippen LogP contribution in [-0.4, -0.2) is 4.98 Å². The van der Waals surface area contributed by atoms with Gasteiger partial charge in [-0.25, -0.2) is 0 Å². The summed E-state index contributed by atoms with van der Waals surface area (Å²) in [6.45, 7) is 0. The van der Waals surface area contributed by atoms with E-state index >= 15 is 0 Å². The summed E-state index contributed by atoms with van der Waals surface area (Å²) in [6, 6.07) is 30.7. The maximum atomic E-state index is 3.51. The van der Waals surface area contributed by atoms with Crippen molar-refractivity contribution in [1.82, 2.24) is 4.98 Å². The second-order valence-corrected chi connectivity index (χ2v) is 7.82. The molecule has 1 nitrogen and oxygen atoms in total. The molecule has 0 fully saturated rings. The molecule has 122 valence electrons. The number of H-pyrrole nitrogens is 1. The van der Waals surface area contributed by atoms with Gasteiger partial charge in [0, 0.05) is 42.0 Å². The summed E-state index contributed by atoms with van der Waals surface area (Å²) in [5.41, 5.74) is 4.92. The maximum Gasteiger partial charge on any atom is 0.0465 e. The molecule has 0 saturated heterocycles. The van der Waals surface area contributed by atoms with Crippen molar-refractivity contribution in [1.29, 1.82) is 0 Å². The van der Waals surface area contributed by atoms with E-state index in [0.717, 1.165) is 0 Å². The number of para-hydroxylation sites is 1. The molecule has 1 N–H and O–H groups in total. The summed E-state index contributed by atoms with van der Waals surface area (Å²) in [5.74, 6) is 0. The van der Waals surface area contributed by atoms with E-state index in [2.05, 4.69) is 89.9 Å². The van der Waals surface area contributed by atoms with Crippen LogP contribution in [0.1, 0.15) is 0 Å². The third-order valence-electron chi connectivity index (χ3n) is 5.22. The lowest BCUT2D eigenvalue weighted by atomic mass is 10.0. The zero-order valence-electron chi connectivity index (χ0n) is 14.0. The van der Waals surface area contributed by atoms with Crippen LogP contribution in [0.4, 0.5) is 0 Å². The number of rotatable bonds is 1. The molecule has 26 heavy (non-hydrogen) atoms. The van der Waals surface area contributed by atoms with Gasteiger partial charge in [0.05, 0.1) is 0 Å². The molecule has 0 spiro atoms. The number of hydrogen-bond acceptors (Lipinski definition) is 1. The Labute approximate surface area is 154 Å². The van der Waals surface area contributed by atoms with E-state index in [1.165, 1.54) is 53.1 Å². The maximum absolute atomic E-state index is 3.51. The Morgan fingerprint density at radius 2 is 1.15 bits per heavy atom. The molecule has 4 aromatic carbocycles. The lowest BCUT2D eigenvalue weighted by molar-refractivity contribution is 1.54. The summed E-state index contributed by atoms with van der Waals surface area (Å²) in [5, 5.41) is 5.27. The van der Waals surface area contributed by atoms with Gasteiger partial charge in [0.15, 0.2) is 0 Å². The molecule has 2 heteroatoms. The Morgan fingerprint density at radius 3 is 2.08 bits per heavy atom. The first-order valence-electron chi connectivity index (χ1n) is 8.79. The van der Waals surface area contributed by atoms with E-state index < -0.39 is 0 Å². The van der Waals surface area contributed by atoms with Crippen molar-refractivity contribution in [3.8, 4) is 11.1 Å². The molecule has 2 aromatic heterocycles. The van der Waals surface area contributed by atoms with Crippen molar-refractivity contribution < 1.29 is 0 Å². The number of aromatic amines is 1. The molecule has 0 atom stereocenters. The minimum Gasteiger partial charge on any atom is -0.355 e. The minimum absolute atomic E-state index is 1.19. The van der Waals surface area contributed by atoms with E-state index in [1.807, 2.05) is 11.3 Å². The zero-order chi connectivity index (χ0) is 17.1. The van der Waals surface area contributed by atoms with Crippen LogP contribution < -0.4 is 0 Å². The number of hydrogen-bond donors (Lipinski definition) is 1. The highest BCUT2D eigenvalue weighted by atomic mass is 32.1. The lowest BCUT2D eigenvalue weighted by Crippen LogP contribution is -1.78. The second kappa shape index (κ2) is 5.20. The van der Waals surface area contributed by atoms with Gasteiger partial charge in [-0.2, -0.15) is 0 Å². The highest BCUT2D eigenvalue weighted by Crippen LogP contribution is 2.37. The van der Waals surface area contributed by atoms with Gasteiger partial charge < -0.3 is 4.98 Å². The first kappa shape index (κ1) is 14.1. The molecule has 0 amide bonds. The highest BCUT2D eigenvalue weighted by Gasteiger charge is 2.09. The molecule has 0 radical (unpaired) electrons. The molecular weight excluding hydrogens is 334 g/mol. The van der Waals surface area contributed by atoms with E-state index in [4.69, 9.17) is 0 Å². The van der Waals surface area contributed by atoms with Gasteiger partial charge in [-0.05, 0) is 47.5 Å². The molecular formula is C24H15NS. The molecule has 0 aliphatic carbocycles. The van der Waals surface area contributed by atoms with Crippen LogP contribution in [0.15, 0.2) is 84.9 Å². The van der Waals surface area contributed by atoms with Gasteiger partial charge in [-0.15, -0.1) is 11.3 Å². The van der Waals surface area contributed by atoms with Gasteiger partial charge in [-0.1, -0.05) is 48.5 Å². The predicted octanol–water partition coefficient (Wildman–Crippen LogP) is 7.36. The summed E-state index contributed by atoms with van der Waals surface area (Å²) < 4.78 is 2.70. The SMILES string of the molecule is c1ccc2c(c1)[nH]c1ccc(-c3ccc4sc5ccccc5c4c3)cc12. The summed E-state index contributed by atoms with van der Waals surface area (Å²) in [7, 11) is 0. The number of aromatic nitrogens is 1. The molecule has 0 saturated carbocycles. The van der Waals surface area contributed by atoms with Crippen LogP contribution in [0.2, 0.25) is 0 Å². The first-order chi connectivity index (χ1) is 12.9. The van der Waals surface area contributed by atoms with Crippen LogP contribution in [0.5, 0.6) is 0 Å². The average molecular weight is 349 g/mol. The Bertz CT molecular complexity index is 1320. The van der Waals surface area contributed by atoms with Crippen molar-refractivity contribution in [2.24, 2.45) is 0 Å². The van der Waals surface area contributed by atoms with E-state index in [9.17, 15) is 0 Å². The predicted molar refractivity (Wildman–Crippen MR) is 114 cm³/mol. The fourth-order valence-corrected chi connectivity index (χ4v) is 5.02. The van der Waals surface area contributed by atoms with Crippen molar-refractivity contribution >= 4 is 53.3 Å². The van der Waals surface area contributed by atoms with E-state index in [1.54, 1.807) is 0 Å². The molecule has 2 heterocycles. The Hall–Kier alpha value is -3.10. The van der Waals surface area contributed by atoms with Crippen LogP contribution in [-0.2, 0) is 0 Å². The van der Waals surface area contributed by atoms with Gasteiger partial charge in [-0.3, -0.25) is 0 Å². The Morgan fingerprint density at radius 1 is 0.500 bits per heavy atom. The number of thiophene rings is 1. The lowest BCUT2D eigenvalue weighted by Gasteiger charge is -2.03. The fourth-order valence-electron chi connectivity index (χ4n) is 3.93. The molecule has 6 rings (SSSR count). The summed E-state index contributed by atoms with van der Waals surface area (Å²) in [4.78, 5) is 3.51. The molecule has 0 unspecified atom stereocenters. The third-order valence-corrected chi connectivity index (χ3v) is 6.37. The summed E-state index contributed by atoms with van der Waals surface area (Å²) >= 11 is 1.87. The van der Waals surface area contributed by atoms with Crippen molar-refractivity contribution in [2.45, 2.75) is 0 Å². The van der Waals surface area contributed by atoms with Crippen molar-refractivity contribution in [3.05, 3.63) is 84.9 Å². The monoisotopic (exact) mass is 349 g/mol. The molecule has 6 aromatic rings. The fraction of sp³-hybridized carbons (Fsp3) is 0. The average Bonchev–Trinajstić information content (AvgIpc) is 3.25. The van der Waals surface area contributed by atoms with Crippen LogP contribution in [0.3, 0.4) is 0 Å². The Kier molecular flexibility index (Phi) is 2.82. The minimum atomic E-state index is 1.19. The third kappa shape index (κ3) is 1.97. The smallest absolute Gasteiger partial charge is 0.0465 e. The van der Waals surface area contributed by atoms with Crippen LogP contribution >= 0.6 is 11.3 Å². The van der Waals surface area contributed by atoms with E-state index in [-0.39, 0.29) is 0 Å². The number of benzene rings is 4. The molecule has 0 aliphatic rings. The molecule has 0 bridgehead atoms. The number of fused-ring (bicyclic) bond motifs is 6. The van der Waals surface area contributed by atoms with Gasteiger partial charge in [0.1, 0.15) is 0 Å². The second-order valence-electron chi connectivity index (χ2n) is 6.74. The quantitative estimate of drug-likeness (QED) is 0.319. The number of nitrogens with one attached hydrogen (secondary N) is 1. The largest absolute Gasteiger partial charge is 0.355 e. The highest BCUT2D eigenvalue weighted by molar-refractivity contribution is 7.25. The Balaban J connectivity index is 1.61. The van der Waals surface area contributed by atoms with Gasteiger partial charge in [0.2, 0.25) is 0 Å². The molecule has 0 aliphatic heterocycles. The zero-order valence-corrected chi connectivity index (χ0v) is 14.8. The van der Waals surface area contributed by atoms with Gasteiger partial charge >= 0.3 is 0 Å². The normalized spacial score (nSPS) is 11.8. The van der Waals surface area contributed by atoms with Crippen LogP contribution in [0.25, 0.3) is 53.1 Å². The standard InChI is InChI=1S/C24H15NS/c1-3-7-21-17(5-1)19-13-15(9-11-22(19)25-21)16-10-12-24-20(14-16)18-6-2-4-8-23(18)26-24/h1-14,25H. The van der Waals surface area contributed by atoms with Crippen molar-refractivity contribution in [3.63, 3.8) is 0 Å².